The first-order valence-electron chi connectivity index (χ1n) is 12.1. The van der Waals surface area contributed by atoms with Gasteiger partial charge in [0.15, 0.2) is 5.71 Å². The zero-order chi connectivity index (χ0) is 31.4. The molecule has 3 aromatic rings. The molecule has 4 rings (SSSR count). The van der Waals surface area contributed by atoms with Crippen LogP contribution in [0, 0.1) is 17.9 Å². The summed E-state index contributed by atoms with van der Waals surface area (Å²) in [6.07, 6.45) is 9.26. The lowest BCUT2D eigenvalue weighted by Crippen LogP contribution is -2.21. The molecule has 2 heterocycles. The first-order chi connectivity index (χ1) is 20.3. The maximum atomic E-state index is 13.0. The maximum absolute atomic E-state index is 13.0. The molecule has 0 atom stereocenters. The number of amides is 1. The molecule has 218 valence electrons. The van der Waals surface area contributed by atoms with E-state index >= 15 is 0 Å². The van der Waals surface area contributed by atoms with E-state index in [-0.39, 0.29) is 22.7 Å². The van der Waals surface area contributed by atoms with Crippen molar-refractivity contribution in [1.29, 1.82) is 5.26 Å². The number of rotatable bonds is 9. The fourth-order valence-corrected chi connectivity index (χ4v) is 4.95. The normalized spacial score (nSPS) is 14.7. The van der Waals surface area contributed by atoms with Crippen LogP contribution in [0.15, 0.2) is 88.3 Å². The van der Waals surface area contributed by atoms with Crippen molar-refractivity contribution in [2.24, 2.45) is 5.10 Å². The molecule has 0 fully saturated rings. The molecule has 3 N–H and O–H groups in total. The summed E-state index contributed by atoms with van der Waals surface area (Å²) in [5.74, 6) is -0.597. The molecule has 0 radical (unpaired) electrons. The minimum absolute atomic E-state index is 0.0187. The number of anilines is 3. The van der Waals surface area contributed by atoms with Gasteiger partial charge in [0.05, 0.1) is 35.0 Å². The van der Waals surface area contributed by atoms with Gasteiger partial charge in [-0.15, -0.1) is 0 Å². The van der Waals surface area contributed by atoms with Gasteiger partial charge in [-0.2, -0.15) is 20.1 Å². The Kier molecular flexibility index (Phi) is 8.46. The third-order valence-corrected chi connectivity index (χ3v) is 6.81. The molecule has 14 nitrogen and oxygen atoms in total. The Morgan fingerprint density at radius 3 is 1.98 bits per heavy atom. The molecule has 1 aliphatic heterocycles. The summed E-state index contributed by atoms with van der Waals surface area (Å²) >= 11 is 0. The van der Waals surface area contributed by atoms with E-state index in [2.05, 4.69) is 24.5 Å². The summed E-state index contributed by atoms with van der Waals surface area (Å²) in [5, 5.41) is 17.3. The predicted molar refractivity (Wildman–Crippen MR) is 163 cm³/mol. The van der Waals surface area contributed by atoms with E-state index in [1.54, 1.807) is 0 Å². The van der Waals surface area contributed by atoms with E-state index in [4.69, 9.17) is 6.57 Å². The summed E-state index contributed by atoms with van der Waals surface area (Å²) in [6.45, 7) is 7.41. The molecular formula is C27H22N8O6S2. The maximum Gasteiger partial charge on any atom is 0.283 e. The highest BCUT2D eigenvalue weighted by molar-refractivity contribution is 7.92. The molecule has 0 saturated carbocycles. The summed E-state index contributed by atoms with van der Waals surface area (Å²) in [7, 11) is -6.94. The first kappa shape index (κ1) is 30.3. The van der Waals surface area contributed by atoms with E-state index in [1.165, 1.54) is 78.9 Å². The Labute approximate surface area is 246 Å². The summed E-state index contributed by atoms with van der Waals surface area (Å²) < 4.78 is 51.4. The van der Waals surface area contributed by atoms with E-state index < -0.39 is 31.5 Å². The van der Waals surface area contributed by atoms with Crippen LogP contribution >= 0.6 is 0 Å². The number of hydrogen-bond donors (Lipinski definition) is 3. The van der Waals surface area contributed by atoms with Crippen molar-refractivity contribution in [3.8, 4) is 11.8 Å². The lowest BCUT2D eigenvalue weighted by atomic mass is 10.1. The van der Waals surface area contributed by atoms with Gasteiger partial charge in [0.25, 0.3) is 17.3 Å². The predicted octanol–water partition coefficient (Wildman–Crippen LogP) is 2.88. The van der Waals surface area contributed by atoms with Gasteiger partial charge in [0, 0.05) is 11.4 Å². The highest BCUT2D eigenvalue weighted by Gasteiger charge is 2.30. The van der Waals surface area contributed by atoms with Gasteiger partial charge >= 0.3 is 0 Å². The van der Waals surface area contributed by atoms with Crippen LogP contribution in [0.2, 0.25) is 0 Å². The second kappa shape index (κ2) is 12.0. The number of aromatic nitrogens is 2. The number of benzene rings is 2. The van der Waals surface area contributed by atoms with Gasteiger partial charge in [-0.25, -0.2) is 21.9 Å². The number of allylic oxidation sites excluding steroid dienone is 4. The zero-order valence-electron chi connectivity index (χ0n) is 22.5. The van der Waals surface area contributed by atoms with Gasteiger partial charge < -0.3 is 4.85 Å². The molecule has 0 saturated heterocycles. The van der Waals surface area contributed by atoms with Crippen molar-refractivity contribution in [2.45, 2.75) is 0 Å². The Morgan fingerprint density at radius 2 is 1.47 bits per heavy atom. The minimum Gasteiger partial charge on any atom is -0.362 e. The van der Waals surface area contributed by atoms with Gasteiger partial charge in [-0.1, -0.05) is 30.9 Å². The van der Waals surface area contributed by atoms with E-state index in [0.29, 0.717) is 22.7 Å². The molecule has 16 heteroatoms. The first-order valence-corrected chi connectivity index (χ1v) is 15.8. The third-order valence-electron chi connectivity index (χ3n) is 5.59. The van der Waals surface area contributed by atoms with Crippen molar-refractivity contribution in [2.75, 3.05) is 27.0 Å². The molecule has 0 bridgehead atoms. The molecular weight excluding hydrogens is 596 g/mol. The number of aromatic amines is 1. The average Bonchev–Trinajstić information content (AvgIpc) is 3.43. The highest BCUT2D eigenvalue weighted by Crippen LogP contribution is 2.25. The van der Waals surface area contributed by atoms with Crippen LogP contribution in [-0.4, -0.2) is 50.7 Å². The summed E-state index contributed by atoms with van der Waals surface area (Å²) in [4.78, 5) is 29.3. The quantitative estimate of drug-likeness (QED) is 0.186. The van der Waals surface area contributed by atoms with Gasteiger partial charge in [0.2, 0.25) is 20.0 Å². The van der Waals surface area contributed by atoms with E-state index in [9.17, 15) is 31.7 Å². The van der Waals surface area contributed by atoms with E-state index in [1.807, 2.05) is 6.07 Å². The van der Waals surface area contributed by atoms with Gasteiger partial charge in [0.1, 0.15) is 6.07 Å². The third kappa shape index (κ3) is 7.33. The summed E-state index contributed by atoms with van der Waals surface area (Å²) in [5.41, 5.74) is 0.748. The van der Waals surface area contributed by atoms with Crippen LogP contribution in [0.25, 0.3) is 16.6 Å². The van der Waals surface area contributed by atoms with Crippen molar-refractivity contribution < 1.29 is 21.6 Å². The van der Waals surface area contributed by atoms with Crippen LogP contribution < -0.4 is 20.0 Å². The van der Waals surface area contributed by atoms with Crippen LogP contribution in [-0.2, 0) is 24.8 Å². The SMILES string of the molecule is [C-]#[N+]c1[nH]n(-c2ccc(NS(C)(=O)=O)cc2)c(=O)c1C=CC=C/C=C1\C(=O)N(c2ccc(NS(C)(=O)=O)cc2)N=C1C#N. The highest BCUT2D eigenvalue weighted by atomic mass is 32.2. The molecule has 0 unspecified atom stereocenters. The monoisotopic (exact) mass is 618 g/mol. The number of sulfonamides is 2. The molecule has 0 aliphatic carbocycles. The lowest BCUT2D eigenvalue weighted by molar-refractivity contribution is -0.114. The number of H-pyrrole nitrogens is 1. The second-order valence-corrected chi connectivity index (χ2v) is 12.5. The number of carbonyl (C=O) groups is 1. The number of hydrazone groups is 1. The van der Waals surface area contributed by atoms with Crippen LogP contribution in [0.4, 0.5) is 22.9 Å². The number of nitriles is 1. The summed E-state index contributed by atoms with van der Waals surface area (Å²) in [6, 6.07) is 13.7. The van der Waals surface area contributed by atoms with Gasteiger partial charge in [-0.05, 0) is 54.6 Å². The molecule has 0 spiro atoms. The number of nitrogens with zero attached hydrogens (tertiary/aromatic N) is 5. The molecule has 1 amide bonds. The molecule has 1 aromatic heterocycles. The standard InChI is InChI=1S/C27H22N8O6S2/c1-29-25-23(27(37)35(31-25)21-15-11-19(12-16-21)33-43(3,40)41)8-6-4-5-7-22-24(17-28)30-34(26(22)36)20-13-9-18(10-14-20)32-42(2,38)39/h4-16,31-33H,2-3H3/b5-4?,8-6?,22-7-. The molecule has 43 heavy (non-hydrogen) atoms. The fraction of sp³-hybridized carbons (Fsp3) is 0.0741. The van der Waals surface area contributed by atoms with Crippen molar-refractivity contribution >= 4 is 60.6 Å². The number of nitrogens with one attached hydrogen (secondary N) is 3. The Morgan fingerprint density at radius 1 is 0.907 bits per heavy atom. The lowest BCUT2D eigenvalue weighted by Gasteiger charge is -2.12. The molecule has 1 aliphatic rings. The Bertz CT molecular complexity index is 2070. The number of hydrogen-bond acceptors (Lipinski definition) is 8. The van der Waals surface area contributed by atoms with E-state index in [0.717, 1.165) is 22.2 Å². The smallest absolute Gasteiger partial charge is 0.283 e. The van der Waals surface area contributed by atoms with Crippen LogP contribution in [0.1, 0.15) is 5.56 Å². The fourth-order valence-electron chi connectivity index (χ4n) is 3.82. The van der Waals surface area contributed by atoms with Crippen LogP contribution in [0.5, 0.6) is 0 Å². The second-order valence-electron chi connectivity index (χ2n) is 8.97. The minimum atomic E-state index is -3.48. The van der Waals surface area contributed by atoms with Crippen LogP contribution in [0.3, 0.4) is 0 Å². The molecule has 2 aromatic carbocycles. The van der Waals surface area contributed by atoms with Crippen molar-refractivity contribution in [3.63, 3.8) is 0 Å². The Balaban J connectivity index is 1.50. The average molecular weight is 619 g/mol. The zero-order valence-corrected chi connectivity index (χ0v) is 24.1. The number of carbonyl (C=O) groups excluding carboxylic acids is 1. The van der Waals surface area contributed by atoms with Crippen molar-refractivity contribution in [3.05, 3.63) is 106 Å². The largest absolute Gasteiger partial charge is 0.362 e. The van der Waals surface area contributed by atoms with Crippen molar-refractivity contribution in [1.82, 2.24) is 9.78 Å². The van der Waals surface area contributed by atoms with Gasteiger partial charge in [-0.3, -0.25) is 19.0 Å². The topological polar surface area (TPSA) is 191 Å². The Hall–Kier alpha value is -5.71.